The Morgan fingerprint density at radius 2 is 1.86 bits per heavy atom. The number of hydrogen-bond acceptors (Lipinski definition) is 3. The number of likely N-dealkylation sites (tertiary alicyclic amines) is 1. The van der Waals surface area contributed by atoms with Crippen molar-refractivity contribution in [1.82, 2.24) is 9.80 Å². The zero-order valence-electron chi connectivity index (χ0n) is 17.1. The molecule has 0 radical (unpaired) electrons. The predicted octanol–water partition coefficient (Wildman–Crippen LogP) is 4.08. The summed E-state index contributed by atoms with van der Waals surface area (Å²) in [5, 5.41) is 0. The van der Waals surface area contributed by atoms with Crippen molar-refractivity contribution in [3.63, 3.8) is 0 Å². The zero-order valence-corrected chi connectivity index (χ0v) is 17.8. The van der Waals surface area contributed by atoms with Gasteiger partial charge >= 0.3 is 6.09 Å². The predicted molar refractivity (Wildman–Crippen MR) is 110 cm³/mol. The second kappa shape index (κ2) is 8.73. The number of hydrogen-bond donors (Lipinski definition) is 0. The molecular weight excluding hydrogens is 376 g/mol. The molecule has 0 aromatic heterocycles. The first-order valence-corrected chi connectivity index (χ1v) is 10.7. The molecule has 1 saturated carbocycles. The molecule has 2 unspecified atom stereocenters. The van der Waals surface area contributed by atoms with Crippen molar-refractivity contribution in [1.29, 1.82) is 0 Å². The Morgan fingerprint density at radius 3 is 2.43 bits per heavy atom. The van der Waals surface area contributed by atoms with Crippen LogP contribution in [0.25, 0.3) is 0 Å². The molecule has 1 aliphatic heterocycles. The fraction of sp³-hybridized carbons (Fsp3) is 0.636. The van der Waals surface area contributed by atoms with Crippen LogP contribution in [-0.2, 0) is 16.0 Å². The second-order valence-corrected chi connectivity index (χ2v) is 9.17. The number of amides is 2. The van der Waals surface area contributed by atoms with Gasteiger partial charge in [0, 0.05) is 31.1 Å². The molecule has 154 valence electrons. The van der Waals surface area contributed by atoms with Gasteiger partial charge in [0.25, 0.3) is 0 Å². The van der Waals surface area contributed by atoms with E-state index in [4.69, 9.17) is 16.3 Å². The maximum atomic E-state index is 12.6. The number of alkyl halides is 1. The monoisotopic (exact) mass is 406 g/mol. The quantitative estimate of drug-likeness (QED) is 0.692. The Hall–Kier alpha value is -1.75. The number of carbonyl (C=O) groups excluding carboxylic acids is 2. The van der Waals surface area contributed by atoms with Crippen LogP contribution in [-0.4, -0.2) is 58.5 Å². The first-order valence-electron chi connectivity index (χ1n) is 10.2. The van der Waals surface area contributed by atoms with Crippen molar-refractivity contribution in [3.8, 4) is 0 Å². The van der Waals surface area contributed by atoms with Crippen molar-refractivity contribution in [2.45, 2.75) is 64.1 Å². The lowest BCUT2D eigenvalue weighted by molar-refractivity contribution is -0.134. The van der Waals surface area contributed by atoms with Gasteiger partial charge in [-0.1, -0.05) is 30.3 Å². The standard InChI is InChI=1S/C22H31ClN2O3/c1-22(2,3)28-21(27)24-12-11-19(25(18-9-10-18)20(26)14-23)17(15-24)13-16-7-5-4-6-8-16/h4-8,17-19H,9-15H2,1-3H3. The molecule has 0 spiro atoms. The summed E-state index contributed by atoms with van der Waals surface area (Å²) in [6, 6.07) is 10.7. The summed E-state index contributed by atoms with van der Waals surface area (Å²) < 4.78 is 5.59. The van der Waals surface area contributed by atoms with Crippen molar-refractivity contribution < 1.29 is 14.3 Å². The molecule has 6 heteroatoms. The van der Waals surface area contributed by atoms with E-state index in [0.29, 0.717) is 19.1 Å². The number of rotatable bonds is 5. The third kappa shape index (κ3) is 5.40. The van der Waals surface area contributed by atoms with Crippen LogP contribution in [0.1, 0.15) is 45.6 Å². The van der Waals surface area contributed by atoms with Gasteiger partial charge in [-0.15, -0.1) is 11.6 Å². The molecule has 1 heterocycles. The molecule has 1 aromatic carbocycles. The maximum Gasteiger partial charge on any atom is 0.410 e. The molecule has 0 bridgehead atoms. The van der Waals surface area contributed by atoms with Gasteiger partial charge < -0.3 is 14.5 Å². The lowest BCUT2D eigenvalue weighted by Crippen LogP contribution is -2.56. The Labute approximate surface area is 173 Å². The molecule has 2 aliphatic rings. The summed E-state index contributed by atoms with van der Waals surface area (Å²) in [7, 11) is 0. The smallest absolute Gasteiger partial charge is 0.410 e. The van der Waals surface area contributed by atoms with E-state index in [1.54, 1.807) is 4.90 Å². The SMILES string of the molecule is CC(C)(C)OC(=O)N1CCC(N(C(=O)CCl)C2CC2)C(Cc2ccccc2)C1. The molecule has 5 nitrogen and oxygen atoms in total. The van der Waals surface area contributed by atoms with Crippen molar-refractivity contribution in [2.75, 3.05) is 19.0 Å². The molecule has 1 aliphatic carbocycles. The van der Waals surface area contributed by atoms with E-state index in [1.807, 2.05) is 43.9 Å². The van der Waals surface area contributed by atoms with E-state index in [1.165, 1.54) is 5.56 Å². The van der Waals surface area contributed by atoms with Crippen molar-refractivity contribution >= 4 is 23.6 Å². The number of benzene rings is 1. The second-order valence-electron chi connectivity index (χ2n) is 8.90. The van der Waals surface area contributed by atoms with E-state index in [2.05, 4.69) is 12.1 Å². The molecule has 3 rings (SSSR count). The zero-order chi connectivity index (χ0) is 20.3. The van der Waals surface area contributed by atoms with Crippen molar-refractivity contribution in [2.24, 2.45) is 5.92 Å². The average molecular weight is 407 g/mol. The van der Waals surface area contributed by atoms with Gasteiger partial charge in [0.1, 0.15) is 11.5 Å². The molecule has 28 heavy (non-hydrogen) atoms. The van der Waals surface area contributed by atoms with Crippen LogP contribution in [0.4, 0.5) is 4.79 Å². The highest BCUT2D eigenvalue weighted by molar-refractivity contribution is 6.27. The minimum Gasteiger partial charge on any atom is -0.444 e. The molecule has 2 amide bonds. The van der Waals surface area contributed by atoms with Crippen LogP contribution in [0.5, 0.6) is 0 Å². The first-order chi connectivity index (χ1) is 13.3. The number of halogens is 1. The highest BCUT2D eigenvalue weighted by atomic mass is 35.5. The summed E-state index contributed by atoms with van der Waals surface area (Å²) in [6.07, 6.45) is 3.41. The van der Waals surface area contributed by atoms with Crippen molar-refractivity contribution in [3.05, 3.63) is 35.9 Å². The molecule has 2 fully saturated rings. The molecule has 1 saturated heterocycles. The lowest BCUT2D eigenvalue weighted by Gasteiger charge is -2.44. The van der Waals surface area contributed by atoms with E-state index in [-0.39, 0.29) is 29.8 Å². The Kier molecular flexibility index (Phi) is 6.54. The molecule has 2 atom stereocenters. The highest BCUT2D eigenvalue weighted by Crippen LogP contribution is 2.35. The molecular formula is C22H31ClN2O3. The van der Waals surface area contributed by atoms with Crippen LogP contribution in [0, 0.1) is 5.92 Å². The fourth-order valence-corrected chi connectivity index (χ4v) is 4.21. The van der Waals surface area contributed by atoms with E-state index in [0.717, 1.165) is 25.7 Å². The van der Waals surface area contributed by atoms with Crippen LogP contribution < -0.4 is 0 Å². The number of carbonyl (C=O) groups is 2. The molecule has 1 aromatic rings. The number of nitrogens with zero attached hydrogens (tertiary/aromatic N) is 2. The lowest BCUT2D eigenvalue weighted by atomic mass is 9.85. The highest BCUT2D eigenvalue weighted by Gasteiger charge is 2.43. The summed E-state index contributed by atoms with van der Waals surface area (Å²) in [5.74, 6) is 0.190. The van der Waals surface area contributed by atoms with Gasteiger partial charge in [-0.25, -0.2) is 4.79 Å². The third-order valence-corrected chi connectivity index (χ3v) is 5.61. The number of piperidine rings is 1. The van der Waals surface area contributed by atoms with Crippen LogP contribution in [0.2, 0.25) is 0 Å². The Bertz CT molecular complexity index is 685. The van der Waals surface area contributed by atoms with Gasteiger partial charge in [-0.3, -0.25) is 4.79 Å². The number of ether oxygens (including phenoxy) is 1. The average Bonchev–Trinajstić information content (AvgIpc) is 3.47. The van der Waals surface area contributed by atoms with Gasteiger partial charge in [0.15, 0.2) is 0 Å². The maximum absolute atomic E-state index is 12.6. The minimum atomic E-state index is -0.516. The van der Waals surface area contributed by atoms with Gasteiger partial charge in [-0.05, 0) is 52.0 Å². The normalized spacial score (nSPS) is 22.6. The van der Waals surface area contributed by atoms with Crippen LogP contribution in [0.3, 0.4) is 0 Å². The molecule has 0 N–H and O–H groups in total. The fourth-order valence-electron chi connectivity index (χ4n) is 4.08. The Morgan fingerprint density at radius 1 is 1.18 bits per heavy atom. The summed E-state index contributed by atoms with van der Waals surface area (Å²) in [4.78, 5) is 29.0. The van der Waals surface area contributed by atoms with Crippen LogP contribution in [0.15, 0.2) is 30.3 Å². The Balaban J connectivity index is 1.79. The summed E-state index contributed by atoms with van der Waals surface area (Å²) in [5.41, 5.74) is 0.704. The van der Waals surface area contributed by atoms with E-state index < -0.39 is 5.60 Å². The van der Waals surface area contributed by atoms with E-state index in [9.17, 15) is 9.59 Å². The van der Waals surface area contributed by atoms with Crippen LogP contribution >= 0.6 is 11.6 Å². The topological polar surface area (TPSA) is 49.9 Å². The first kappa shape index (κ1) is 21.0. The summed E-state index contributed by atoms with van der Waals surface area (Å²) in [6.45, 7) is 6.84. The van der Waals surface area contributed by atoms with Gasteiger partial charge in [-0.2, -0.15) is 0 Å². The van der Waals surface area contributed by atoms with E-state index >= 15 is 0 Å². The summed E-state index contributed by atoms with van der Waals surface area (Å²) >= 11 is 5.92. The minimum absolute atomic E-state index is 0.0120. The third-order valence-electron chi connectivity index (χ3n) is 5.39. The largest absolute Gasteiger partial charge is 0.444 e. The van der Waals surface area contributed by atoms with Gasteiger partial charge in [0.2, 0.25) is 5.91 Å². The van der Waals surface area contributed by atoms with Gasteiger partial charge in [0.05, 0.1) is 0 Å².